The quantitative estimate of drug-likeness (QED) is 0.433. The van der Waals surface area contributed by atoms with Gasteiger partial charge in [0.1, 0.15) is 0 Å². The van der Waals surface area contributed by atoms with Crippen molar-refractivity contribution in [2.75, 3.05) is 33.2 Å². The summed E-state index contributed by atoms with van der Waals surface area (Å²) in [5.41, 5.74) is 0.547. The molecule has 0 amide bonds. The Balaban J connectivity index is 0.00000176. The van der Waals surface area contributed by atoms with E-state index in [1.807, 2.05) is 7.05 Å². The molecule has 1 aliphatic carbocycles. The summed E-state index contributed by atoms with van der Waals surface area (Å²) in [6.07, 6.45) is 4.20. The van der Waals surface area contributed by atoms with Crippen LogP contribution in [0.2, 0.25) is 0 Å². The normalized spacial score (nSPS) is 30.7. The van der Waals surface area contributed by atoms with Gasteiger partial charge in [0.25, 0.3) is 0 Å². The average molecular weight is 420 g/mol. The number of nitrogens with one attached hydrogen (secondary N) is 1. The van der Waals surface area contributed by atoms with Crippen LogP contribution >= 0.6 is 24.0 Å². The number of hydrogen-bond acceptors (Lipinski definition) is 2. The lowest BCUT2D eigenvalue weighted by Crippen LogP contribution is -2.72. The molecule has 2 aliphatic heterocycles. The van der Waals surface area contributed by atoms with Crippen molar-refractivity contribution >= 4 is 29.9 Å². The second-order valence-corrected chi connectivity index (χ2v) is 8.34. The number of rotatable bonds is 3. The fourth-order valence-electron chi connectivity index (χ4n) is 3.73. The van der Waals surface area contributed by atoms with Gasteiger partial charge in [-0.3, -0.25) is 4.99 Å². The highest BCUT2D eigenvalue weighted by Gasteiger charge is 2.53. The smallest absolute Gasteiger partial charge is 0.194 e. The Hall–Kier alpha value is -0.0400. The molecule has 1 saturated carbocycles. The van der Waals surface area contributed by atoms with Crippen LogP contribution in [-0.2, 0) is 0 Å². The lowest BCUT2D eigenvalue weighted by molar-refractivity contribution is -0.0668. The van der Waals surface area contributed by atoms with Crippen molar-refractivity contribution in [3.8, 4) is 0 Å². The van der Waals surface area contributed by atoms with Gasteiger partial charge in [-0.1, -0.05) is 13.8 Å². The van der Waals surface area contributed by atoms with Crippen molar-refractivity contribution in [2.45, 2.75) is 58.5 Å². The topological polar surface area (TPSA) is 30.9 Å². The summed E-state index contributed by atoms with van der Waals surface area (Å²) in [4.78, 5) is 9.63. The van der Waals surface area contributed by atoms with Gasteiger partial charge >= 0.3 is 0 Å². The van der Waals surface area contributed by atoms with E-state index in [2.05, 4.69) is 47.8 Å². The van der Waals surface area contributed by atoms with Gasteiger partial charge in [0, 0.05) is 43.7 Å². The van der Waals surface area contributed by atoms with Crippen LogP contribution in [0.3, 0.4) is 0 Å². The van der Waals surface area contributed by atoms with Gasteiger partial charge in [0.2, 0.25) is 0 Å². The molecule has 0 aromatic rings. The van der Waals surface area contributed by atoms with Crippen molar-refractivity contribution in [3.63, 3.8) is 0 Å². The Morgan fingerprint density at radius 3 is 2.36 bits per heavy atom. The predicted molar refractivity (Wildman–Crippen MR) is 104 cm³/mol. The lowest BCUT2D eigenvalue weighted by Gasteiger charge is -2.62. The molecule has 2 heterocycles. The van der Waals surface area contributed by atoms with E-state index in [0.717, 1.165) is 31.0 Å². The molecular formula is C17H33IN4. The molecule has 1 atom stereocenters. The number of aliphatic imine (C=N–C) groups is 1. The minimum Gasteiger partial charge on any atom is -0.356 e. The molecule has 3 fully saturated rings. The Labute approximate surface area is 153 Å². The minimum atomic E-state index is 0. The van der Waals surface area contributed by atoms with E-state index in [9.17, 15) is 0 Å². The van der Waals surface area contributed by atoms with Gasteiger partial charge in [-0.15, -0.1) is 24.0 Å². The van der Waals surface area contributed by atoms with Crippen LogP contribution in [0.5, 0.6) is 0 Å². The third-order valence-electron chi connectivity index (χ3n) is 6.28. The molecule has 0 bridgehead atoms. The van der Waals surface area contributed by atoms with Crippen molar-refractivity contribution < 1.29 is 0 Å². The maximum atomic E-state index is 4.52. The van der Waals surface area contributed by atoms with Gasteiger partial charge in [-0.25, -0.2) is 0 Å². The first-order valence-electron chi connectivity index (χ1n) is 8.57. The molecule has 1 N–H and O–H groups in total. The molecule has 2 saturated heterocycles. The Morgan fingerprint density at radius 2 is 1.86 bits per heavy atom. The fourth-order valence-corrected chi connectivity index (χ4v) is 3.73. The van der Waals surface area contributed by atoms with Crippen LogP contribution in [0.4, 0.5) is 0 Å². The zero-order valence-corrected chi connectivity index (χ0v) is 17.2. The fraction of sp³-hybridized carbons (Fsp3) is 0.941. The predicted octanol–water partition coefficient (Wildman–Crippen LogP) is 2.78. The third-order valence-corrected chi connectivity index (χ3v) is 6.28. The zero-order chi connectivity index (χ0) is 15.3. The molecule has 4 nitrogen and oxygen atoms in total. The monoisotopic (exact) mass is 420 g/mol. The minimum absolute atomic E-state index is 0. The van der Waals surface area contributed by atoms with Gasteiger partial charge in [-0.2, -0.15) is 0 Å². The maximum absolute atomic E-state index is 4.52. The summed E-state index contributed by atoms with van der Waals surface area (Å²) in [6, 6.07) is 0.921. The summed E-state index contributed by atoms with van der Waals surface area (Å²) < 4.78 is 0. The molecule has 0 aromatic carbocycles. The molecule has 128 valence electrons. The summed E-state index contributed by atoms with van der Waals surface area (Å²) in [7, 11) is 1.91. The van der Waals surface area contributed by atoms with E-state index in [1.165, 1.54) is 32.4 Å². The van der Waals surface area contributed by atoms with E-state index in [-0.39, 0.29) is 29.5 Å². The molecule has 3 aliphatic rings. The zero-order valence-electron chi connectivity index (χ0n) is 14.9. The van der Waals surface area contributed by atoms with Crippen molar-refractivity contribution in [3.05, 3.63) is 0 Å². The molecule has 1 unspecified atom stereocenters. The summed E-state index contributed by atoms with van der Waals surface area (Å²) in [5, 5.41) is 3.64. The van der Waals surface area contributed by atoms with Crippen LogP contribution in [0.1, 0.15) is 47.0 Å². The van der Waals surface area contributed by atoms with Crippen LogP contribution in [0, 0.1) is 11.3 Å². The highest BCUT2D eigenvalue weighted by molar-refractivity contribution is 14.0. The summed E-state index contributed by atoms with van der Waals surface area (Å²) in [5.74, 6) is 1.88. The molecule has 0 spiro atoms. The van der Waals surface area contributed by atoms with Gasteiger partial charge in [-0.05, 0) is 45.6 Å². The first-order valence-corrected chi connectivity index (χ1v) is 8.57. The van der Waals surface area contributed by atoms with Gasteiger partial charge < -0.3 is 15.1 Å². The largest absolute Gasteiger partial charge is 0.356 e. The number of likely N-dealkylation sites (tertiary alicyclic amines) is 2. The van der Waals surface area contributed by atoms with Gasteiger partial charge in [0.05, 0.1) is 0 Å². The lowest BCUT2D eigenvalue weighted by atomic mass is 9.65. The van der Waals surface area contributed by atoms with E-state index >= 15 is 0 Å². The highest BCUT2D eigenvalue weighted by Crippen LogP contribution is 2.46. The molecule has 22 heavy (non-hydrogen) atoms. The van der Waals surface area contributed by atoms with Crippen LogP contribution in [-0.4, -0.2) is 60.6 Å². The summed E-state index contributed by atoms with van der Waals surface area (Å²) in [6.45, 7) is 14.1. The first kappa shape index (κ1) is 18.3. The number of guanidine groups is 1. The number of hydrogen-bond donors (Lipinski definition) is 1. The second-order valence-electron chi connectivity index (χ2n) is 8.34. The average Bonchev–Trinajstić information content (AvgIpc) is 3.18. The molecule has 5 heteroatoms. The third kappa shape index (κ3) is 3.25. The standard InChI is InChI=1S/C17H32N4.HI/c1-16(2)12-21(17(16,3)4)15(18-5)19-10-13-8-9-20(11-13)14-6-7-14;/h13-14H,6-12H2,1-5H3,(H,18,19);1H. The van der Waals surface area contributed by atoms with Gasteiger partial charge in [0.15, 0.2) is 5.96 Å². The maximum Gasteiger partial charge on any atom is 0.194 e. The first-order chi connectivity index (χ1) is 9.85. The molecule has 3 rings (SSSR count). The Morgan fingerprint density at radius 1 is 1.18 bits per heavy atom. The number of halogens is 1. The number of nitrogens with zero attached hydrogens (tertiary/aromatic N) is 3. The SMILES string of the molecule is CN=C(NCC1CCN(C2CC2)C1)N1CC(C)(C)C1(C)C.I. The highest BCUT2D eigenvalue weighted by atomic mass is 127. The van der Waals surface area contributed by atoms with E-state index in [4.69, 9.17) is 0 Å². The van der Waals surface area contributed by atoms with E-state index < -0.39 is 0 Å². The molecular weight excluding hydrogens is 387 g/mol. The summed E-state index contributed by atoms with van der Waals surface area (Å²) >= 11 is 0. The van der Waals surface area contributed by atoms with Crippen LogP contribution in [0.25, 0.3) is 0 Å². The van der Waals surface area contributed by atoms with Crippen molar-refractivity contribution in [1.82, 2.24) is 15.1 Å². The van der Waals surface area contributed by atoms with E-state index in [1.54, 1.807) is 0 Å². The Bertz CT molecular complexity index is 428. The van der Waals surface area contributed by atoms with Crippen LogP contribution < -0.4 is 5.32 Å². The van der Waals surface area contributed by atoms with Crippen molar-refractivity contribution in [1.29, 1.82) is 0 Å². The Kier molecular flexibility index (Phi) is 5.37. The second kappa shape index (κ2) is 6.46. The van der Waals surface area contributed by atoms with E-state index in [0.29, 0.717) is 5.41 Å². The molecule has 0 radical (unpaired) electrons. The van der Waals surface area contributed by atoms with Crippen molar-refractivity contribution in [2.24, 2.45) is 16.3 Å². The molecule has 0 aromatic heterocycles. The van der Waals surface area contributed by atoms with Crippen LogP contribution in [0.15, 0.2) is 4.99 Å².